The highest BCUT2D eigenvalue weighted by atomic mass is 16.3. The Kier molecular flexibility index (Phi) is 4.74. The molecule has 3 atom stereocenters. The Morgan fingerprint density at radius 3 is 2.55 bits per heavy atom. The standard InChI is InChI=1S/C18H27NO/c20-11-10-18-12-16-8-4-5-9-17(16)14-19(18)13-15-6-2-1-3-7-15/h1-3,6-7,16-18,20H,4-5,8-14H2. The average Bonchev–Trinajstić information content (AvgIpc) is 2.49. The first-order valence-electron chi connectivity index (χ1n) is 8.25. The van der Waals surface area contributed by atoms with Crippen LogP contribution in [0.5, 0.6) is 0 Å². The average molecular weight is 273 g/mol. The summed E-state index contributed by atoms with van der Waals surface area (Å²) in [6.45, 7) is 2.62. The molecule has 1 N–H and O–H groups in total. The molecule has 1 heterocycles. The van der Waals surface area contributed by atoms with Crippen LogP contribution in [0.3, 0.4) is 0 Å². The molecule has 1 saturated heterocycles. The van der Waals surface area contributed by atoms with E-state index in [0.29, 0.717) is 12.6 Å². The molecule has 0 aromatic heterocycles. The van der Waals surface area contributed by atoms with E-state index in [-0.39, 0.29) is 0 Å². The molecule has 1 aliphatic heterocycles. The van der Waals surface area contributed by atoms with Crippen molar-refractivity contribution in [1.29, 1.82) is 0 Å². The van der Waals surface area contributed by atoms with Crippen LogP contribution in [-0.4, -0.2) is 29.2 Å². The summed E-state index contributed by atoms with van der Waals surface area (Å²) in [5.74, 6) is 1.83. The fourth-order valence-electron chi connectivity index (χ4n) is 4.24. The summed E-state index contributed by atoms with van der Waals surface area (Å²) >= 11 is 0. The molecule has 2 heteroatoms. The molecular weight excluding hydrogens is 246 g/mol. The van der Waals surface area contributed by atoms with Gasteiger partial charge in [0.2, 0.25) is 0 Å². The molecule has 2 aliphatic rings. The van der Waals surface area contributed by atoms with Gasteiger partial charge in [0.05, 0.1) is 0 Å². The van der Waals surface area contributed by atoms with Gasteiger partial charge in [-0.15, -0.1) is 0 Å². The van der Waals surface area contributed by atoms with E-state index in [1.807, 2.05) is 0 Å². The molecule has 2 nitrogen and oxygen atoms in total. The van der Waals surface area contributed by atoms with Gasteiger partial charge >= 0.3 is 0 Å². The molecule has 0 bridgehead atoms. The Morgan fingerprint density at radius 2 is 1.80 bits per heavy atom. The van der Waals surface area contributed by atoms with Crippen LogP contribution in [0.4, 0.5) is 0 Å². The summed E-state index contributed by atoms with van der Waals surface area (Å²) in [6, 6.07) is 11.4. The normalized spacial score (nSPS) is 30.9. The van der Waals surface area contributed by atoms with Crippen molar-refractivity contribution in [3.8, 4) is 0 Å². The van der Waals surface area contributed by atoms with Gasteiger partial charge in [0.15, 0.2) is 0 Å². The van der Waals surface area contributed by atoms with Gasteiger partial charge in [-0.05, 0) is 36.7 Å². The van der Waals surface area contributed by atoms with Crippen molar-refractivity contribution in [2.75, 3.05) is 13.2 Å². The zero-order valence-electron chi connectivity index (χ0n) is 12.4. The smallest absolute Gasteiger partial charge is 0.0445 e. The molecule has 1 aromatic carbocycles. The highest BCUT2D eigenvalue weighted by molar-refractivity contribution is 5.14. The fraction of sp³-hybridized carbons (Fsp3) is 0.667. The zero-order valence-corrected chi connectivity index (χ0v) is 12.4. The van der Waals surface area contributed by atoms with Crippen molar-refractivity contribution in [3.05, 3.63) is 35.9 Å². The third-order valence-corrected chi connectivity index (χ3v) is 5.32. The van der Waals surface area contributed by atoms with Gasteiger partial charge in [-0.2, -0.15) is 0 Å². The van der Waals surface area contributed by atoms with Crippen LogP contribution < -0.4 is 0 Å². The number of rotatable bonds is 4. The Hall–Kier alpha value is -0.860. The first-order chi connectivity index (χ1) is 9.86. The number of nitrogens with zero attached hydrogens (tertiary/aromatic N) is 1. The quantitative estimate of drug-likeness (QED) is 0.908. The van der Waals surface area contributed by atoms with E-state index in [0.717, 1.165) is 24.8 Å². The molecule has 3 unspecified atom stereocenters. The van der Waals surface area contributed by atoms with E-state index in [1.54, 1.807) is 0 Å². The molecule has 3 rings (SSSR count). The van der Waals surface area contributed by atoms with Crippen LogP contribution in [0.1, 0.15) is 44.1 Å². The molecule has 1 aromatic rings. The second-order valence-corrected chi connectivity index (χ2v) is 6.62. The number of aliphatic hydroxyl groups is 1. The maximum atomic E-state index is 9.37. The van der Waals surface area contributed by atoms with Crippen molar-refractivity contribution in [2.24, 2.45) is 11.8 Å². The summed E-state index contributed by atoms with van der Waals surface area (Å²) in [7, 11) is 0. The summed E-state index contributed by atoms with van der Waals surface area (Å²) in [5, 5.41) is 9.37. The first-order valence-corrected chi connectivity index (χ1v) is 8.25. The number of likely N-dealkylation sites (tertiary alicyclic amines) is 1. The van der Waals surface area contributed by atoms with Crippen LogP contribution in [-0.2, 0) is 6.54 Å². The number of hydrogen-bond acceptors (Lipinski definition) is 2. The molecule has 1 aliphatic carbocycles. The molecule has 0 spiro atoms. The second kappa shape index (κ2) is 6.73. The lowest BCUT2D eigenvalue weighted by Crippen LogP contribution is -2.48. The molecule has 0 amide bonds. The van der Waals surface area contributed by atoms with Gasteiger partial charge in [0.1, 0.15) is 0 Å². The number of piperidine rings is 1. The molecule has 20 heavy (non-hydrogen) atoms. The van der Waals surface area contributed by atoms with Gasteiger partial charge in [0.25, 0.3) is 0 Å². The van der Waals surface area contributed by atoms with E-state index in [2.05, 4.69) is 35.2 Å². The van der Waals surface area contributed by atoms with E-state index in [1.165, 1.54) is 44.2 Å². The predicted molar refractivity (Wildman–Crippen MR) is 82.4 cm³/mol. The minimum Gasteiger partial charge on any atom is -0.396 e. The highest BCUT2D eigenvalue weighted by Gasteiger charge is 2.36. The van der Waals surface area contributed by atoms with Gasteiger partial charge < -0.3 is 5.11 Å². The summed E-state index contributed by atoms with van der Waals surface area (Å²) in [5.41, 5.74) is 1.41. The van der Waals surface area contributed by atoms with Gasteiger partial charge in [-0.3, -0.25) is 4.90 Å². The Balaban J connectivity index is 1.69. The number of aliphatic hydroxyl groups excluding tert-OH is 1. The van der Waals surface area contributed by atoms with Gasteiger partial charge in [-0.25, -0.2) is 0 Å². The Labute approximate surface area is 122 Å². The van der Waals surface area contributed by atoms with Crippen LogP contribution in [0, 0.1) is 11.8 Å². The highest BCUT2D eigenvalue weighted by Crippen LogP contribution is 2.39. The van der Waals surface area contributed by atoms with E-state index in [4.69, 9.17) is 0 Å². The largest absolute Gasteiger partial charge is 0.396 e. The Bertz CT molecular complexity index is 405. The van der Waals surface area contributed by atoms with Crippen LogP contribution in [0.2, 0.25) is 0 Å². The maximum absolute atomic E-state index is 9.37. The van der Waals surface area contributed by atoms with Crippen LogP contribution >= 0.6 is 0 Å². The third kappa shape index (κ3) is 3.24. The van der Waals surface area contributed by atoms with Crippen molar-refractivity contribution < 1.29 is 5.11 Å². The van der Waals surface area contributed by atoms with Gasteiger partial charge in [0, 0.05) is 25.7 Å². The van der Waals surface area contributed by atoms with E-state index in [9.17, 15) is 5.11 Å². The number of benzene rings is 1. The lowest BCUT2D eigenvalue weighted by atomic mass is 9.72. The zero-order chi connectivity index (χ0) is 13.8. The lowest BCUT2D eigenvalue weighted by molar-refractivity contribution is 0.0223. The first kappa shape index (κ1) is 14.1. The topological polar surface area (TPSA) is 23.5 Å². The SMILES string of the molecule is OCCC1CC2CCCCC2CN1Cc1ccccc1. The van der Waals surface area contributed by atoms with E-state index < -0.39 is 0 Å². The minimum absolute atomic E-state index is 0.327. The molecule has 0 radical (unpaired) electrons. The lowest BCUT2D eigenvalue weighted by Gasteiger charge is -2.46. The molecule has 2 fully saturated rings. The Morgan fingerprint density at radius 1 is 1.05 bits per heavy atom. The maximum Gasteiger partial charge on any atom is 0.0445 e. The van der Waals surface area contributed by atoms with Gasteiger partial charge in [-0.1, -0.05) is 49.6 Å². The van der Waals surface area contributed by atoms with Crippen molar-refractivity contribution in [2.45, 2.75) is 51.1 Å². The van der Waals surface area contributed by atoms with Crippen molar-refractivity contribution in [3.63, 3.8) is 0 Å². The van der Waals surface area contributed by atoms with Crippen LogP contribution in [0.25, 0.3) is 0 Å². The second-order valence-electron chi connectivity index (χ2n) is 6.62. The van der Waals surface area contributed by atoms with E-state index >= 15 is 0 Å². The minimum atomic E-state index is 0.327. The summed E-state index contributed by atoms with van der Waals surface area (Å²) in [4.78, 5) is 2.64. The fourth-order valence-corrected chi connectivity index (χ4v) is 4.24. The summed E-state index contributed by atoms with van der Waals surface area (Å²) in [6.07, 6.45) is 7.93. The molecule has 110 valence electrons. The monoisotopic (exact) mass is 273 g/mol. The third-order valence-electron chi connectivity index (χ3n) is 5.32. The number of fused-ring (bicyclic) bond motifs is 1. The molecule has 1 saturated carbocycles. The predicted octanol–water partition coefficient (Wildman–Crippen LogP) is 3.45. The summed E-state index contributed by atoms with van der Waals surface area (Å²) < 4.78 is 0. The van der Waals surface area contributed by atoms with Crippen LogP contribution in [0.15, 0.2) is 30.3 Å². The molecular formula is C18H27NO. The van der Waals surface area contributed by atoms with Crippen molar-refractivity contribution >= 4 is 0 Å². The number of hydrogen-bond donors (Lipinski definition) is 1. The van der Waals surface area contributed by atoms with Crippen molar-refractivity contribution in [1.82, 2.24) is 4.90 Å².